The summed E-state index contributed by atoms with van der Waals surface area (Å²) in [6.07, 6.45) is 0.403. The van der Waals surface area contributed by atoms with Crippen LogP contribution in [0.15, 0.2) is 11.3 Å². The summed E-state index contributed by atoms with van der Waals surface area (Å²) in [6.45, 7) is 19.9. The minimum absolute atomic E-state index is 0.0208. The second kappa shape index (κ2) is 14.8. The molecule has 2 rings (SSSR count). The molecule has 0 aliphatic carbocycles. The van der Waals surface area contributed by atoms with E-state index in [0.717, 1.165) is 0 Å². The fourth-order valence-electron chi connectivity index (χ4n) is 2.94. The van der Waals surface area contributed by atoms with Crippen LogP contribution in [0.25, 0.3) is 0 Å². The number of hydrogen-bond donors (Lipinski definition) is 2. The van der Waals surface area contributed by atoms with Gasteiger partial charge in [0.15, 0.2) is 0 Å². The van der Waals surface area contributed by atoms with Crippen molar-refractivity contribution in [2.45, 2.75) is 53.3 Å². The summed E-state index contributed by atoms with van der Waals surface area (Å²) in [5.41, 5.74) is 0.402. The lowest BCUT2D eigenvalue weighted by Gasteiger charge is -2.43. The Kier molecular flexibility index (Phi) is 14.3. The van der Waals surface area contributed by atoms with Crippen LogP contribution < -0.4 is 0 Å². The number of aliphatic hydroxyl groups is 1. The fourth-order valence-corrected chi connectivity index (χ4v) is 4.20. The maximum absolute atomic E-state index is 11.2. The largest absolute Gasteiger partial charge is 0.477 e. The average Bonchev–Trinajstić information content (AvgIpc) is 2.70. The van der Waals surface area contributed by atoms with Gasteiger partial charge in [-0.05, 0) is 44.8 Å². The molecule has 164 valence electrons. The SMILES string of the molecule is CCN(CC)CC.CCN(CC)CC.O=C(O)C1=C(CO)CS[C@@H]2CC(=O)N12. The predicted octanol–water partition coefficient (Wildman–Crippen LogP) is 2.32. The molecule has 0 aromatic carbocycles. The Morgan fingerprint density at radius 3 is 1.68 bits per heavy atom. The molecule has 8 heteroatoms. The number of amides is 1. The Hall–Kier alpha value is -1.09. The van der Waals surface area contributed by atoms with Crippen LogP contribution in [0.4, 0.5) is 0 Å². The summed E-state index contributed by atoms with van der Waals surface area (Å²) in [5, 5.41) is 17.8. The van der Waals surface area contributed by atoms with E-state index < -0.39 is 5.97 Å². The van der Waals surface area contributed by atoms with E-state index >= 15 is 0 Å². The topological polar surface area (TPSA) is 84.3 Å². The van der Waals surface area contributed by atoms with Gasteiger partial charge in [-0.3, -0.25) is 9.69 Å². The molecule has 2 aliphatic rings. The van der Waals surface area contributed by atoms with Crippen molar-refractivity contribution in [1.82, 2.24) is 14.7 Å². The van der Waals surface area contributed by atoms with E-state index in [1.165, 1.54) is 55.9 Å². The molecule has 1 atom stereocenters. The number of aliphatic carboxylic acids is 1. The molecule has 1 amide bonds. The molecular formula is C20H39N3O4S. The number of thioether (sulfide) groups is 1. The van der Waals surface area contributed by atoms with Crippen LogP contribution in [0.2, 0.25) is 0 Å². The van der Waals surface area contributed by atoms with Gasteiger partial charge in [-0.2, -0.15) is 0 Å². The van der Waals surface area contributed by atoms with Gasteiger partial charge in [0, 0.05) is 5.75 Å². The van der Waals surface area contributed by atoms with Crippen LogP contribution in [-0.2, 0) is 9.59 Å². The van der Waals surface area contributed by atoms with Crippen LogP contribution >= 0.6 is 11.8 Å². The van der Waals surface area contributed by atoms with Crippen LogP contribution in [0.3, 0.4) is 0 Å². The van der Waals surface area contributed by atoms with Crippen LogP contribution in [0.5, 0.6) is 0 Å². The van der Waals surface area contributed by atoms with Gasteiger partial charge in [-0.25, -0.2) is 4.79 Å². The summed E-state index contributed by atoms with van der Waals surface area (Å²) in [5.74, 6) is -0.815. The Morgan fingerprint density at radius 1 is 1.00 bits per heavy atom. The average molecular weight is 418 g/mol. The van der Waals surface area contributed by atoms with Gasteiger partial charge < -0.3 is 20.0 Å². The van der Waals surface area contributed by atoms with Gasteiger partial charge in [0.25, 0.3) is 0 Å². The molecule has 1 fully saturated rings. The van der Waals surface area contributed by atoms with Gasteiger partial charge in [-0.1, -0.05) is 41.5 Å². The second-order valence-electron chi connectivity index (χ2n) is 6.39. The third kappa shape index (κ3) is 8.11. The zero-order chi connectivity index (χ0) is 21.7. The summed E-state index contributed by atoms with van der Waals surface area (Å²) < 4.78 is 0. The first-order valence-electron chi connectivity index (χ1n) is 10.3. The van der Waals surface area contributed by atoms with Crippen molar-refractivity contribution in [3.63, 3.8) is 0 Å². The van der Waals surface area contributed by atoms with Gasteiger partial charge in [0.1, 0.15) is 5.70 Å². The van der Waals surface area contributed by atoms with Gasteiger partial charge in [-0.15, -0.1) is 11.8 Å². The Labute approximate surface area is 174 Å². The first-order chi connectivity index (χ1) is 13.3. The van der Waals surface area contributed by atoms with Gasteiger partial charge in [0.05, 0.1) is 18.4 Å². The highest BCUT2D eigenvalue weighted by Gasteiger charge is 2.44. The van der Waals surface area contributed by atoms with E-state index in [2.05, 4.69) is 51.3 Å². The van der Waals surface area contributed by atoms with Gasteiger partial charge >= 0.3 is 5.97 Å². The van der Waals surface area contributed by atoms with Crippen molar-refractivity contribution in [3.8, 4) is 0 Å². The minimum atomic E-state index is -1.13. The van der Waals surface area contributed by atoms with Crippen molar-refractivity contribution in [3.05, 3.63) is 11.3 Å². The molecule has 0 aromatic rings. The molecule has 0 bridgehead atoms. The number of rotatable bonds is 8. The lowest BCUT2D eigenvalue weighted by Crippen LogP contribution is -2.54. The zero-order valence-corrected chi connectivity index (χ0v) is 19.2. The summed E-state index contributed by atoms with van der Waals surface area (Å²) in [4.78, 5) is 28.1. The number of carbonyl (C=O) groups excluding carboxylic acids is 1. The van der Waals surface area contributed by atoms with Crippen molar-refractivity contribution in [2.24, 2.45) is 0 Å². The predicted molar refractivity (Wildman–Crippen MR) is 116 cm³/mol. The zero-order valence-electron chi connectivity index (χ0n) is 18.4. The van der Waals surface area contributed by atoms with E-state index in [4.69, 9.17) is 10.2 Å². The lowest BCUT2D eigenvalue weighted by molar-refractivity contribution is -0.146. The lowest BCUT2D eigenvalue weighted by atomic mass is 10.1. The first-order valence-corrected chi connectivity index (χ1v) is 11.3. The van der Waals surface area contributed by atoms with Crippen LogP contribution in [0.1, 0.15) is 48.0 Å². The fraction of sp³-hybridized carbons (Fsp3) is 0.800. The minimum Gasteiger partial charge on any atom is -0.477 e. The van der Waals surface area contributed by atoms with Crippen molar-refractivity contribution >= 4 is 23.6 Å². The molecule has 0 spiro atoms. The molecule has 0 radical (unpaired) electrons. The smallest absolute Gasteiger partial charge is 0.352 e. The number of carboxylic acids is 1. The number of fused-ring (bicyclic) bond motifs is 1. The number of β-lactam (4-membered cyclic amide) rings is 1. The Balaban J connectivity index is 0.000000444. The third-order valence-electron chi connectivity index (χ3n) is 5.01. The Morgan fingerprint density at radius 2 is 1.43 bits per heavy atom. The Bertz CT molecular complexity index is 483. The summed E-state index contributed by atoms with van der Waals surface area (Å²) in [6, 6.07) is 0. The maximum atomic E-state index is 11.2. The molecule has 2 heterocycles. The van der Waals surface area contributed by atoms with E-state index in [0.29, 0.717) is 17.7 Å². The quantitative estimate of drug-likeness (QED) is 0.586. The third-order valence-corrected chi connectivity index (χ3v) is 6.29. The molecular weight excluding hydrogens is 378 g/mol. The molecule has 28 heavy (non-hydrogen) atoms. The standard InChI is InChI=1S/C8H9NO4S.2C6H15N/c10-2-4-3-14-6-1-5(11)9(6)7(4)8(12)13;2*1-4-7(5-2)6-3/h6,10H,1-3H2,(H,12,13);2*4-6H2,1-3H3/t6-;;/m1../s1. The highest BCUT2D eigenvalue weighted by molar-refractivity contribution is 8.00. The van der Waals surface area contributed by atoms with E-state index in [1.54, 1.807) is 0 Å². The highest BCUT2D eigenvalue weighted by Crippen LogP contribution is 2.39. The molecule has 0 saturated carbocycles. The molecule has 2 aliphatic heterocycles. The molecule has 0 aromatic heterocycles. The number of nitrogens with zero attached hydrogens (tertiary/aromatic N) is 3. The summed E-state index contributed by atoms with van der Waals surface area (Å²) >= 11 is 1.49. The van der Waals surface area contributed by atoms with Crippen molar-refractivity contribution < 1.29 is 19.8 Å². The monoisotopic (exact) mass is 417 g/mol. The van der Waals surface area contributed by atoms with E-state index in [1.807, 2.05) is 0 Å². The molecule has 2 N–H and O–H groups in total. The van der Waals surface area contributed by atoms with E-state index in [9.17, 15) is 9.59 Å². The molecule has 7 nitrogen and oxygen atoms in total. The van der Waals surface area contributed by atoms with E-state index in [-0.39, 0.29) is 23.6 Å². The number of carboxylic acid groups (broad SMARTS) is 1. The maximum Gasteiger partial charge on any atom is 0.352 e. The second-order valence-corrected chi connectivity index (χ2v) is 7.55. The van der Waals surface area contributed by atoms with Crippen LogP contribution in [0, 0.1) is 0 Å². The number of hydrogen-bond acceptors (Lipinski definition) is 6. The molecule has 0 unspecified atom stereocenters. The number of aliphatic hydroxyl groups excluding tert-OH is 1. The normalized spacial score (nSPS) is 18.1. The van der Waals surface area contributed by atoms with Crippen molar-refractivity contribution in [1.29, 1.82) is 0 Å². The van der Waals surface area contributed by atoms with Gasteiger partial charge in [0.2, 0.25) is 5.91 Å². The first kappa shape index (κ1) is 26.9. The molecule has 1 saturated heterocycles. The van der Waals surface area contributed by atoms with Crippen molar-refractivity contribution in [2.75, 3.05) is 51.6 Å². The highest BCUT2D eigenvalue weighted by atomic mass is 32.2. The van der Waals surface area contributed by atoms with Crippen LogP contribution in [-0.4, -0.2) is 93.8 Å². The summed E-state index contributed by atoms with van der Waals surface area (Å²) in [7, 11) is 0. The number of carbonyl (C=O) groups is 2.